The fourth-order valence-electron chi connectivity index (χ4n) is 2.22. The van der Waals surface area contributed by atoms with E-state index < -0.39 is 5.54 Å². The van der Waals surface area contributed by atoms with Crippen molar-refractivity contribution in [3.05, 3.63) is 10.4 Å². The van der Waals surface area contributed by atoms with Crippen LogP contribution in [-0.4, -0.2) is 31.2 Å². The Bertz CT molecular complexity index is 295. The van der Waals surface area contributed by atoms with Crippen molar-refractivity contribution in [2.45, 2.75) is 58.4 Å². The zero-order chi connectivity index (χ0) is 14.6. The Morgan fingerprint density at radius 2 is 1.95 bits per heavy atom. The molecule has 0 aromatic heterocycles. The molecule has 6 nitrogen and oxygen atoms in total. The fraction of sp³-hybridized carbons (Fsp3) is 0.923. The molecule has 1 N–H and O–H groups in total. The van der Waals surface area contributed by atoms with Gasteiger partial charge in [-0.05, 0) is 38.3 Å². The molecule has 6 heteroatoms. The Labute approximate surface area is 115 Å². The number of carbonyl (C=O) groups excluding carboxylic acids is 1. The maximum absolute atomic E-state index is 12.2. The molecule has 0 radical (unpaired) electrons. The smallest absolute Gasteiger partial charge is 0.326 e. The molecule has 0 aliphatic carbocycles. The van der Waals surface area contributed by atoms with E-state index in [0.29, 0.717) is 19.7 Å². The number of carbonyl (C=O) groups is 1. The molecule has 0 bridgehead atoms. The van der Waals surface area contributed by atoms with E-state index in [9.17, 15) is 4.79 Å². The predicted octanol–water partition coefficient (Wildman–Crippen LogP) is 3.18. The molecule has 0 saturated carbocycles. The van der Waals surface area contributed by atoms with Gasteiger partial charge in [0.05, 0.1) is 6.61 Å². The first-order valence-corrected chi connectivity index (χ1v) is 7.10. The molecule has 0 aliphatic rings. The van der Waals surface area contributed by atoms with E-state index >= 15 is 0 Å². The quantitative estimate of drug-likeness (QED) is 0.206. The van der Waals surface area contributed by atoms with Gasteiger partial charge >= 0.3 is 5.97 Å². The number of hydrogen-bond donors (Lipinski definition) is 1. The number of hydrogen-bond acceptors (Lipinski definition) is 4. The summed E-state index contributed by atoms with van der Waals surface area (Å²) in [6, 6.07) is 0. The average Bonchev–Trinajstić information content (AvgIpc) is 2.39. The molecule has 0 atom stereocenters. The lowest BCUT2D eigenvalue weighted by atomic mass is 9.88. The van der Waals surface area contributed by atoms with Crippen LogP contribution < -0.4 is 5.32 Å². The number of nitrogens with one attached hydrogen (secondary N) is 1. The van der Waals surface area contributed by atoms with Crippen LogP contribution in [0.25, 0.3) is 10.4 Å². The summed E-state index contributed by atoms with van der Waals surface area (Å²) in [5.74, 6) is -0.164. The zero-order valence-electron chi connectivity index (χ0n) is 12.3. The number of ether oxygens (including phenoxy) is 1. The highest BCUT2D eigenvalue weighted by Crippen LogP contribution is 2.22. The Balaban J connectivity index is 4.60. The topological polar surface area (TPSA) is 87.1 Å². The molecule has 0 unspecified atom stereocenters. The summed E-state index contributed by atoms with van der Waals surface area (Å²) in [7, 11) is 0. The van der Waals surface area contributed by atoms with Crippen LogP contribution in [0.1, 0.15) is 52.9 Å². The summed E-state index contributed by atoms with van der Waals surface area (Å²) in [4.78, 5) is 14.9. The van der Waals surface area contributed by atoms with Gasteiger partial charge < -0.3 is 10.1 Å². The molecule has 0 spiro atoms. The van der Waals surface area contributed by atoms with E-state index in [1.54, 1.807) is 0 Å². The number of azide groups is 1. The Hall–Kier alpha value is -1.26. The maximum atomic E-state index is 12.2. The van der Waals surface area contributed by atoms with E-state index in [1.165, 1.54) is 0 Å². The van der Waals surface area contributed by atoms with Crippen LogP contribution in [0.3, 0.4) is 0 Å². The first kappa shape index (κ1) is 17.7. The third-order valence-corrected chi connectivity index (χ3v) is 2.98. The van der Waals surface area contributed by atoms with Gasteiger partial charge in [0.25, 0.3) is 0 Å². The summed E-state index contributed by atoms with van der Waals surface area (Å²) in [5, 5.41) is 6.81. The third-order valence-electron chi connectivity index (χ3n) is 2.98. The first-order chi connectivity index (χ1) is 9.16. The van der Waals surface area contributed by atoms with Gasteiger partial charge in [-0.2, -0.15) is 0 Å². The molecule has 19 heavy (non-hydrogen) atoms. The highest BCUT2D eigenvalue weighted by Gasteiger charge is 2.37. The highest BCUT2D eigenvalue weighted by molar-refractivity contribution is 5.80. The summed E-state index contributed by atoms with van der Waals surface area (Å²) in [5.41, 5.74) is 7.63. The van der Waals surface area contributed by atoms with Crippen LogP contribution in [0, 0.1) is 0 Å². The lowest BCUT2D eigenvalue weighted by Crippen LogP contribution is -2.53. The molecule has 110 valence electrons. The molecular formula is C13H26N4O2. The van der Waals surface area contributed by atoms with Gasteiger partial charge in [0.2, 0.25) is 0 Å². The van der Waals surface area contributed by atoms with Crippen molar-refractivity contribution in [2.75, 3.05) is 19.7 Å². The minimum atomic E-state index is -0.587. The second-order valence-corrected chi connectivity index (χ2v) is 4.54. The van der Waals surface area contributed by atoms with Crippen molar-refractivity contribution in [3.63, 3.8) is 0 Å². The Morgan fingerprint density at radius 3 is 2.42 bits per heavy atom. The van der Waals surface area contributed by atoms with Gasteiger partial charge in [0.1, 0.15) is 5.54 Å². The van der Waals surface area contributed by atoms with Gasteiger partial charge in [-0.15, -0.1) is 0 Å². The van der Waals surface area contributed by atoms with Gasteiger partial charge in [-0.25, -0.2) is 0 Å². The molecule has 0 aromatic carbocycles. The summed E-state index contributed by atoms with van der Waals surface area (Å²) >= 11 is 0. The molecule has 0 saturated heterocycles. The molecule has 0 aliphatic heterocycles. The van der Waals surface area contributed by atoms with E-state index in [2.05, 4.69) is 29.2 Å². The minimum Gasteiger partial charge on any atom is -0.465 e. The van der Waals surface area contributed by atoms with Crippen molar-refractivity contribution in [1.82, 2.24) is 5.32 Å². The zero-order valence-corrected chi connectivity index (χ0v) is 12.3. The first-order valence-electron chi connectivity index (χ1n) is 7.10. The van der Waals surface area contributed by atoms with E-state index in [-0.39, 0.29) is 5.97 Å². The van der Waals surface area contributed by atoms with Gasteiger partial charge in [0.15, 0.2) is 0 Å². The fourth-order valence-corrected chi connectivity index (χ4v) is 2.22. The summed E-state index contributed by atoms with van der Waals surface area (Å²) in [6.45, 7) is 7.44. The number of nitrogens with zero attached hydrogens (tertiary/aromatic N) is 3. The third kappa shape index (κ3) is 6.45. The second kappa shape index (κ2) is 10.6. The van der Waals surface area contributed by atoms with Crippen LogP contribution in [0.4, 0.5) is 0 Å². The average molecular weight is 270 g/mol. The van der Waals surface area contributed by atoms with Crippen molar-refractivity contribution >= 4 is 5.97 Å². The van der Waals surface area contributed by atoms with Gasteiger partial charge in [-0.3, -0.25) is 4.79 Å². The Kier molecular flexibility index (Phi) is 9.94. The summed E-state index contributed by atoms with van der Waals surface area (Å²) in [6.07, 6.45) is 4.09. The van der Waals surface area contributed by atoms with E-state index in [4.69, 9.17) is 10.3 Å². The standard InChI is InChI=1S/C13H26N4O2/c1-4-8-13(9-5-2,12(18)19-6-3)15-10-7-11-16-17-14/h15H,4-11H2,1-3H3. The largest absolute Gasteiger partial charge is 0.465 e. The maximum Gasteiger partial charge on any atom is 0.326 e. The Morgan fingerprint density at radius 1 is 1.32 bits per heavy atom. The molecular weight excluding hydrogens is 244 g/mol. The molecule has 0 heterocycles. The van der Waals surface area contributed by atoms with Crippen molar-refractivity contribution in [3.8, 4) is 0 Å². The van der Waals surface area contributed by atoms with Gasteiger partial charge in [-0.1, -0.05) is 31.8 Å². The second-order valence-electron chi connectivity index (χ2n) is 4.54. The van der Waals surface area contributed by atoms with Crippen LogP contribution in [0.15, 0.2) is 5.11 Å². The molecule has 0 aromatic rings. The van der Waals surface area contributed by atoms with Crippen LogP contribution in [0.5, 0.6) is 0 Å². The predicted molar refractivity (Wildman–Crippen MR) is 75.8 cm³/mol. The number of rotatable bonds is 11. The minimum absolute atomic E-state index is 0.164. The van der Waals surface area contributed by atoms with Gasteiger partial charge in [0, 0.05) is 11.5 Å². The van der Waals surface area contributed by atoms with Crippen LogP contribution in [-0.2, 0) is 9.53 Å². The van der Waals surface area contributed by atoms with E-state index in [1.807, 2.05) is 6.92 Å². The van der Waals surface area contributed by atoms with Crippen LogP contribution >= 0.6 is 0 Å². The van der Waals surface area contributed by atoms with E-state index in [0.717, 1.165) is 32.1 Å². The number of esters is 1. The van der Waals surface area contributed by atoms with Crippen LogP contribution in [0.2, 0.25) is 0 Å². The molecule has 0 rings (SSSR count). The van der Waals surface area contributed by atoms with Crippen molar-refractivity contribution in [1.29, 1.82) is 0 Å². The lowest BCUT2D eigenvalue weighted by molar-refractivity contribution is -0.152. The summed E-state index contributed by atoms with van der Waals surface area (Å²) < 4.78 is 5.21. The van der Waals surface area contributed by atoms with Crippen molar-refractivity contribution in [2.24, 2.45) is 5.11 Å². The normalized spacial score (nSPS) is 10.9. The highest BCUT2D eigenvalue weighted by atomic mass is 16.5. The molecule has 0 fully saturated rings. The monoisotopic (exact) mass is 270 g/mol. The lowest BCUT2D eigenvalue weighted by Gasteiger charge is -2.32. The van der Waals surface area contributed by atoms with Crippen molar-refractivity contribution < 1.29 is 9.53 Å². The molecule has 0 amide bonds. The SMILES string of the molecule is CCCC(CCC)(NCCCN=[N+]=[N-])C(=O)OCC.